The first-order chi connectivity index (χ1) is 3.77. The molecule has 0 aromatic rings. The van der Waals surface area contributed by atoms with Crippen LogP contribution < -0.4 is 0 Å². The molecule has 0 aliphatic rings. The number of hydrogen-bond donors (Lipinski definition) is 1. The fourth-order valence-electron chi connectivity index (χ4n) is 0.169. The van der Waals surface area contributed by atoms with Crippen LogP contribution in [0.3, 0.4) is 0 Å². The fourth-order valence-corrected chi connectivity index (χ4v) is 0.417. The highest BCUT2D eigenvalue weighted by molar-refractivity contribution is 7.32. The Hall–Kier alpha value is -0.490. The molecule has 4 nitrogen and oxygen atoms in total. The van der Waals surface area contributed by atoms with Crippen LogP contribution in [0.1, 0.15) is 6.42 Å². The smallest absolute Gasteiger partial charge is 0.198 e. The molecule has 0 aromatic heterocycles. The molecule has 0 saturated heterocycles. The molecular formula is C3H5NO3P+. The Balaban J connectivity index is 2.97. The summed E-state index contributed by atoms with van der Waals surface area (Å²) in [7, 11) is -2.51. The normalized spacial score (nSPS) is 10.2. The largest absolute Gasteiger partial charge is 0.694 e. The van der Waals surface area contributed by atoms with Crippen molar-refractivity contribution < 1.29 is 14.0 Å². The van der Waals surface area contributed by atoms with E-state index in [1.807, 2.05) is 0 Å². The van der Waals surface area contributed by atoms with Crippen LogP contribution in [0.2, 0.25) is 0 Å². The minimum atomic E-state index is -2.51. The topological polar surface area (TPSA) is 70.3 Å². The van der Waals surface area contributed by atoms with Crippen molar-refractivity contribution in [2.24, 2.45) is 0 Å². The predicted molar refractivity (Wildman–Crippen MR) is 26.0 cm³/mol. The van der Waals surface area contributed by atoms with Crippen LogP contribution in [0.5, 0.6) is 0 Å². The van der Waals surface area contributed by atoms with Crippen molar-refractivity contribution in [2.45, 2.75) is 6.42 Å². The average molecular weight is 134 g/mol. The Kier molecular flexibility index (Phi) is 4.38. The molecule has 1 N–H and O–H groups in total. The Morgan fingerprint density at radius 1 is 1.88 bits per heavy atom. The van der Waals surface area contributed by atoms with Crippen LogP contribution in [0.25, 0.3) is 0 Å². The summed E-state index contributed by atoms with van der Waals surface area (Å²) in [4.78, 5) is 7.96. The van der Waals surface area contributed by atoms with Crippen molar-refractivity contribution in [1.82, 2.24) is 0 Å². The van der Waals surface area contributed by atoms with E-state index in [1.165, 1.54) is 0 Å². The lowest BCUT2D eigenvalue weighted by atomic mass is 10.5. The molecule has 0 fully saturated rings. The van der Waals surface area contributed by atoms with Crippen molar-refractivity contribution in [3.05, 3.63) is 0 Å². The number of nitrogens with zero attached hydrogens (tertiary/aromatic N) is 1. The Bertz CT molecular complexity index is 118. The highest BCUT2D eigenvalue weighted by atomic mass is 31.1. The predicted octanol–water partition coefficient (Wildman–Crippen LogP) is 0.566. The molecule has 0 saturated carbocycles. The maximum Gasteiger partial charge on any atom is 0.694 e. The van der Waals surface area contributed by atoms with E-state index < -0.39 is 8.25 Å². The van der Waals surface area contributed by atoms with Gasteiger partial charge in [-0.25, -0.2) is 0 Å². The average Bonchev–Trinajstić information content (AvgIpc) is 1.66. The molecule has 1 unspecified atom stereocenters. The molecule has 0 aromatic carbocycles. The zero-order valence-corrected chi connectivity index (χ0v) is 4.97. The van der Waals surface area contributed by atoms with Crippen molar-refractivity contribution >= 4 is 8.25 Å². The van der Waals surface area contributed by atoms with Gasteiger partial charge >= 0.3 is 8.25 Å². The molecule has 0 spiro atoms. The third-order valence-corrected chi connectivity index (χ3v) is 0.819. The van der Waals surface area contributed by atoms with Crippen LogP contribution in [0, 0.1) is 11.3 Å². The highest BCUT2D eigenvalue weighted by Gasteiger charge is 2.09. The second kappa shape index (κ2) is 4.66. The van der Waals surface area contributed by atoms with Gasteiger partial charge in [-0.3, -0.25) is 0 Å². The van der Waals surface area contributed by atoms with Gasteiger partial charge in [0.15, 0.2) is 0 Å². The summed E-state index contributed by atoms with van der Waals surface area (Å²) >= 11 is 0. The summed E-state index contributed by atoms with van der Waals surface area (Å²) in [6.45, 7) is 0.0300. The van der Waals surface area contributed by atoms with Gasteiger partial charge in [-0.15, -0.1) is 9.42 Å². The second-order valence-corrected chi connectivity index (χ2v) is 1.71. The lowest BCUT2D eigenvalue weighted by Crippen LogP contribution is -1.81. The van der Waals surface area contributed by atoms with Gasteiger partial charge in [-0.05, 0) is 0 Å². The first kappa shape index (κ1) is 7.51. The van der Waals surface area contributed by atoms with E-state index in [9.17, 15) is 4.57 Å². The zero-order valence-electron chi connectivity index (χ0n) is 4.07. The van der Waals surface area contributed by atoms with Crippen LogP contribution >= 0.6 is 8.25 Å². The van der Waals surface area contributed by atoms with E-state index in [1.54, 1.807) is 6.07 Å². The lowest BCUT2D eigenvalue weighted by molar-refractivity contribution is 0.288. The van der Waals surface area contributed by atoms with E-state index in [2.05, 4.69) is 4.52 Å². The Labute approximate surface area is 47.6 Å². The third kappa shape index (κ3) is 5.51. The summed E-state index contributed by atoms with van der Waals surface area (Å²) in [6.07, 6.45) is 0.154. The molecule has 0 aliphatic carbocycles. The Morgan fingerprint density at radius 2 is 2.50 bits per heavy atom. The fraction of sp³-hybridized carbons (Fsp3) is 0.667. The standard InChI is InChI=1S/C3H4NO3P/c4-2-1-3-7-8(5)6/h1,3H2/p+1. The number of nitriles is 1. The molecule has 0 rings (SSSR count). The van der Waals surface area contributed by atoms with Gasteiger partial charge in [-0.2, -0.15) is 5.26 Å². The van der Waals surface area contributed by atoms with E-state index >= 15 is 0 Å². The van der Waals surface area contributed by atoms with Gasteiger partial charge in [0.25, 0.3) is 0 Å². The molecule has 0 heterocycles. The first-order valence-electron chi connectivity index (χ1n) is 1.93. The van der Waals surface area contributed by atoms with Crippen molar-refractivity contribution in [2.75, 3.05) is 6.61 Å². The Morgan fingerprint density at radius 3 is 2.88 bits per heavy atom. The monoisotopic (exact) mass is 134 g/mol. The number of hydrogen-bond acceptors (Lipinski definition) is 3. The molecule has 8 heavy (non-hydrogen) atoms. The van der Waals surface area contributed by atoms with Crippen molar-refractivity contribution in [3.63, 3.8) is 0 Å². The van der Waals surface area contributed by atoms with Gasteiger partial charge in [0.2, 0.25) is 0 Å². The van der Waals surface area contributed by atoms with E-state index in [4.69, 9.17) is 10.2 Å². The third-order valence-electron chi connectivity index (χ3n) is 0.416. The van der Waals surface area contributed by atoms with Gasteiger partial charge < -0.3 is 0 Å². The molecule has 0 radical (unpaired) electrons. The molecule has 5 heteroatoms. The van der Waals surface area contributed by atoms with Crippen LogP contribution in [-0.4, -0.2) is 11.5 Å². The molecule has 0 aliphatic heterocycles. The van der Waals surface area contributed by atoms with Crippen LogP contribution in [0.15, 0.2) is 0 Å². The maximum absolute atomic E-state index is 9.69. The maximum atomic E-state index is 9.69. The minimum Gasteiger partial charge on any atom is -0.198 e. The van der Waals surface area contributed by atoms with Crippen molar-refractivity contribution in [3.8, 4) is 6.07 Å². The van der Waals surface area contributed by atoms with E-state index in [0.29, 0.717) is 0 Å². The summed E-state index contributed by atoms with van der Waals surface area (Å²) < 4.78 is 13.8. The zero-order chi connectivity index (χ0) is 6.41. The van der Waals surface area contributed by atoms with Gasteiger partial charge in [0.1, 0.15) is 6.61 Å². The first-order valence-corrected chi connectivity index (χ1v) is 3.06. The molecular weight excluding hydrogens is 129 g/mol. The molecule has 1 atom stereocenters. The highest BCUT2D eigenvalue weighted by Crippen LogP contribution is 2.13. The van der Waals surface area contributed by atoms with Crippen LogP contribution in [0.4, 0.5) is 0 Å². The summed E-state index contributed by atoms with van der Waals surface area (Å²) in [5, 5.41) is 7.87. The summed E-state index contributed by atoms with van der Waals surface area (Å²) in [5.41, 5.74) is 0. The quantitative estimate of drug-likeness (QED) is 0.452. The van der Waals surface area contributed by atoms with Gasteiger partial charge in [0.05, 0.1) is 12.5 Å². The van der Waals surface area contributed by atoms with Crippen LogP contribution in [-0.2, 0) is 9.09 Å². The molecule has 0 amide bonds. The number of rotatable bonds is 3. The minimum absolute atomic E-state index is 0.0300. The van der Waals surface area contributed by atoms with Gasteiger partial charge in [-0.1, -0.05) is 0 Å². The summed E-state index contributed by atoms with van der Waals surface area (Å²) in [5.74, 6) is 0. The van der Waals surface area contributed by atoms with E-state index in [0.717, 1.165) is 0 Å². The van der Waals surface area contributed by atoms with E-state index in [-0.39, 0.29) is 13.0 Å². The second-order valence-electron chi connectivity index (χ2n) is 0.979. The SMILES string of the molecule is N#CCCO[P+](=O)O. The summed E-state index contributed by atoms with van der Waals surface area (Å²) in [6, 6.07) is 1.76. The lowest BCUT2D eigenvalue weighted by Gasteiger charge is -1.75. The molecule has 44 valence electrons. The molecule has 0 bridgehead atoms. The van der Waals surface area contributed by atoms with Crippen molar-refractivity contribution in [1.29, 1.82) is 5.26 Å². The van der Waals surface area contributed by atoms with Gasteiger partial charge in [0, 0.05) is 4.57 Å².